The van der Waals surface area contributed by atoms with Crippen molar-refractivity contribution in [3.63, 3.8) is 0 Å². The zero-order chi connectivity index (χ0) is 22.8. The van der Waals surface area contributed by atoms with Gasteiger partial charge in [0.1, 0.15) is 23.0 Å². The second-order valence-corrected chi connectivity index (χ2v) is 7.03. The Morgan fingerprint density at radius 1 is 0.688 bits per heavy atom. The summed E-state index contributed by atoms with van der Waals surface area (Å²) in [5.74, 6) is 3.06. The highest BCUT2D eigenvalue weighted by Crippen LogP contribution is 2.29. The topological polar surface area (TPSA) is 18.5 Å². The molecule has 0 fully saturated rings. The van der Waals surface area contributed by atoms with Crippen LogP contribution in [0.15, 0.2) is 134 Å². The van der Waals surface area contributed by atoms with Crippen molar-refractivity contribution in [1.82, 2.24) is 0 Å². The third-order valence-corrected chi connectivity index (χ3v) is 4.81. The lowest BCUT2D eigenvalue weighted by atomic mass is 9.99. The van der Waals surface area contributed by atoms with Crippen LogP contribution in [-0.4, -0.2) is 0 Å². The maximum Gasteiger partial charge on any atom is 0.127 e. The molecule has 0 aliphatic heterocycles. The molecule has 0 spiro atoms. The minimum Gasteiger partial charge on any atom is -0.458 e. The largest absolute Gasteiger partial charge is 0.458 e. The van der Waals surface area contributed by atoms with E-state index in [-0.39, 0.29) is 0 Å². The van der Waals surface area contributed by atoms with Crippen molar-refractivity contribution in [2.75, 3.05) is 0 Å². The van der Waals surface area contributed by atoms with E-state index in [2.05, 4.69) is 61.7 Å². The number of ether oxygens (including phenoxy) is 2. The van der Waals surface area contributed by atoms with Gasteiger partial charge < -0.3 is 9.47 Å². The lowest BCUT2D eigenvalue weighted by Gasteiger charge is -2.10. The minimum absolute atomic E-state index is 0.662. The van der Waals surface area contributed by atoms with Gasteiger partial charge in [-0.3, -0.25) is 0 Å². The Kier molecular flexibility index (Phi) is 8.05. The van der Waals surface area contributed by atoms with E-state index < -0.39 is 0 Å². The predicted molar refractivity (Wildman–Crippen MR) is 136 cm³/mol. The highest BCUT2D eigenvalue weighted by molar-refractivity contribution is 5.73. The smallest absolute Gasteiger partial charge is 0.127 e. The normalized spacial score (nSPS) is 11.9. The van der Waals surface area contributed by atoms with Crippen LogP contribution in [0.4, 0.5) is 0 Å². The van der Waals surface area contributed by atoms with E-state index in [4.69, 9.17) is 9.47 Å². The van der Waals surface area contributed by atoms with E-state index in [9.17, 15) is 0 Å². The molecular weight excluding hydrogens is 392 g/mol. The van der Waals surface area contributed by atoms with Crippen molar-refractivity contribution in [3.8, 4) is 33.8 Å². The van der Waals surface area contributed by atoms with E-state index in [0.29, 0.717) is 5.76 Å². The van der Waals surface area contributed by atoms with Crippen LogP contribution < -0.4 is 9.47 Å². The third-order valence-electron chi connectivity index (χ3n) is 4.81. The molecule has 2 heteroatoms. The van der Waals surface area contributed by atoms with Crippen LogP contribution in [0, 0.1) is 0 Å². The zero-order valence-electron chi connectivity index (χ0n) is 18.6. The van der Waals surface area contributed by atoms with Crippen molar-refractivity contribution in [3.05, 3.63) is 134 Å². The molecule has 0 aromatic heterocycles. The van der Waals surface area contributed by atoms with Gasteiger partial charge in [-0.2, -0.15) is 0 Å². The molecule has 0 unspecified atom stereocenters. The Hall–Kier alpha value is -4.04. The second kappa shape index (κ2) is 11.4. The number of hydrogen-bond acceptors (Lipinski definition) is 2. The first kappa shape index (κ1) is 22.6. The minimum atomic E-state index is 0.662. The fourth-order valence-corrected chi connectivity index (χ4v) is 3.19. The van der Waals surface area contributed by atoms with E-state index in [1.807, 2.05) is 56.3 Å². The Morgan fingerprint density at radius 2 is 1.22 bits per heavy atom. The number of benzene rings is 3. The molecule has 160 valence electrons. The number of rotatable bonds is 9. The third kappa shape index (κ3) is 5.99. The maximum absolute atomic E-state index is 5.90. The Bertz CT molecular complexity index is 1140. The van der Waals surface area contributed by atoms with E-state index in [0.717, 1.165) is 39.5 Å². The first-order valence-electron chi connectivity index (χ1n) is 10.6. The van der Waals surface area contributed by atoms with Crippen LogP contribution in [-0.2, 0) is 0 Å². The Morgan fingerprint density at radius 3 is 1.66 bits per heavy atom. The summed E-state index contributed by atoms with van der Waals surface area (Å²) >= 11 is 0. The zero-order valence-corrected chi connectivity index (χ0v) is 18.6. The quantitative estimate of drug-likeness (QED) is 0.255. The summed E-state index contributed by atoms with van der Waals surface area (Å²) in [4.78, 5) is 0. The standard InChI is InChI=1S/C30H28O2/c1-5-10-27(7-3)31-29-18-14-23(15-19-29)25-12-9-13-26(22-25)24-16-20-30(21-17-24)32-28(8-4)11-6-2/h5-22H,1,3H2,2,4H3/b11-6-,27-10+,28-8+. The molecule has 0 aliphatic carbocycles. The van der Waals surface area contributed by atoms with Gasteiger partial charge in [-0.15, -0.1) is 0 Å². The molecule has 0 heterocycles. The van der Waals surface area contributed by atoms with Crippen molar-refractivity contribution in [1.29, 1.82) is 0 Å². The van der Waals surface area contributed by atoms with Crippen molar-refractivity contribution >= 4 is 0 Å². The van der Waals surface area contributed by atoms with Crippen LogP contribution in [0.5, 0.6) is 11.5 Å². The summed E-state index contributed by atoms with van der Waals surface area (Å²) in [6.07, 6.45) is 11.0. The highest BCUT2D eigenvalue weighted by Gasteiger charge is 2.04. The lowest BCUT2D eigenvalue weighted by Crippen LogP contribution is -1.92. The van der Waals surface area contributed by atoms with Crippen LogP contribution >= 0.6 is 0 Å². The fraction of sp³-hybridized carbons (Fsp3) is 0.0667. The molecule has 0 radical (unpaired) electrons. The van der Waals surface area contributed by atoms with Gasteiger partial charge in [0.15, 0.2) is 0 Å². The van der Waals surface area contributed by atoms with Gasteiger partial charge >= 0.3 is 0 Å². The number of allylic oxidation sites excluding steroid dienone is 6. The summed E-state index contributed by atoms with van der Waals surface area (Å²) in [6.45, 7) is 11.4. The van der Waals surface area contributed by atoms with Gasteiger partial charge in [-0.25, -0.2) is 0 Å². The molecule has 0 atom stereocenters. The summed E-state index contributed by atoms with van der Waals surface area (Å²) in [7, 11) is 0. The molecule has 0 saturated heterocycles. The van der Waals surface area contributed by atoms with Crippen LogP contribution in [0.2, 0.25) is 0 Å². The van der Waals surface area contributed by atoms with Gasteiger partial charge in [0, 0.05) is 0 Å². The molecule has 0 amide bonds. The van der Waals surface area contributed by atoms with Gasteiger partial charge in [-0.1, -0.05) is 67.8 Å². The molecule has 0 bridgehead atoms. The van der Waals surface area contributed by atoms with Crippen LogP contribution in [0.3, 0.4) is 0 Å². The van der Waals surface area contributed by atoms with Gasteiger partial charge in [0.25, 0.3) is 0 Å². The van der Waals surface area contributed by atoms with Crippen LogP contribution in [0.25, 0.3) is 22.3 Å². The van der Waals surface area contributed by atoms with Gasteiger partial charge in [0.2, 0.25) is 0 Å². The van der Waals surface area contributed by atoms with E-state index >= 15 is 0 Å². The van der Waals surface area contributed by atoms with Crippen molar-refractivity contribution < 1.29 is 9.47 Å². The molecule has 3 rings (SSSR count). The molecule has 32 heavy (non-hydrogen) atoms. The predicted octanol–water partition coefficient (Wildman–Crippen LogP) is 8.51. The average molecular weight is 421 g/mol. The van der Waals surface area contributed by atoms with E-state index in [1.54, 1.807) is 18.2 Å². The first-order valence-corrected chi connectivity index (χ1v) is 10.6. The average Bonchev–Trinajstić information content (AvgIpc) is 2.84. The van der Waals surface area contributed by atoms with Gasteiger partial charge in [0.05, 0.1) is 0 Å². The summed E-state index contributed by atoms with van der Waals surface area (Å²) < 4.78 is 11.7. The molecule has 0 aliphatic rings. The number of hydrogen-bond donors (Lipinski definition) is 0. The monoisotopic (exact) mass is 420 g/mol. The Labute approximate surface area is 191 Å². The summed E-state index contributed by atoms with van der Waals surface area (Å²) in [5, 5.41) is 0. The molecule has 0 saturated carbocycles. The summed E-state index contributed by atoms with van der Waals surface area (Å²) in [5.41, 5.74) is 4.55. The molecular formula is C30H28O2. The molecule has 2 nitrogen and oxygen atoms in total. The lowest BCUT2D eigenvalue weighted by molar-refractivity contribution is 0.443. The van der Waals surface area contributed by atoms with Crippen molar-refractivity contribution in [2.45, 2.75) is 13.8 Å². The van der Waals surface area contributed by atoms with Gasteiger partial charge in [-0.05, 0) is 90.7 Å². The summed E-state index contributed by atoms with van der Waals surface area (Å²) in [6, 6.07) is 24.7. The highest BCUT2D eigenvalue weighted by atomic mass is 16.5. The van der Waals surface area contributed by atoms with Crippen LogP contribution in [0.1, 0.15) is 13.8 Å². The van der Waals surface area contributed by atoms with Crippen molar-refractivity contribution in [2.24, 2.45) is 0 Å². The maximum atomic E-state index is 5.90. The fourth-order valence-electron chi connectivity index (χ4n) is 3.19. The second-order valence-electron chi connectivity index (χ2n) is 7.03. The SMILES string of the molecule is C=C/C=C(\C=C)Oc1ccc(-c2cccc(-c3ccc(OC(/C=C\C)=C/C)cc3)c2)cc1. The first-order chi connectivity index (χ1) is 15.7. The van der Waals surface area contributed by atoms with E-state index in [1.165, 1.54) is 0 Å². The Balaban J connectivity index is 1.77. The molecule has 3 aromatic carbocycles. The molecule has 0 N–H and O–H groups in total. The molecule has 3 aromatic rings.